The second-order valence-electron chi connectivity index (χ2n) is 11.5. The molecule has 1 N–H and O–H groups in total. The van der Waals surface area contributed by atoms with Crippen molar-refractivity contribution in [1.82, 2.24) is 0 Å². The molecule has 0 heterocycles. The highest BCUT2D eigenvalue weighted by atomic mass is 16.7. The van der Waals surface area contributed by atoms with Crippen molar-refractivity contribution in [3.05, 3.63) is 52.6 Å². The highest BCUT2D eigenvalue weighted by Crippen LogP contribution is 2.66. The number of nitrogens with zero attached hydrogens (tertiary/aromatic N) is 1. The van der Waals surface area contributed by atoms with Gasteiger partial charge in [-0.2, -0.15) is 0 Å². The summed E-state index contributed by atoms with van der Waals surface area (Å²) >= 11 is 0. The van der Waals surface area contributed by atoms with Gasteiger partial charge in [0.25, 0.3) is 0 Å². The fraction of sp³-hybridized carbons (Fsp3) is 0.567. The van der Waals surface area contributed by atoms with Crippen LogP contribution in [-0.2, 0) is 19.1 Å². The van der Waals surface area contributed by atoms with Crippen LogP contribution in [0.5, 0.6) is 0 Å². The summed E-state index contributed by atoms with van der Waals surface area (Å²) in [6.45, 7) is 1.56. The largest absolute Gasteiger partial charge is 0.508 e. The molecule has 2 fully saturated rings. The van der Waals surface area contributed by atoms with E-state index in [-0.39, 0.29) is 23.5 Å². The highest BCUT2D eigenvalue weighted by molar-refractivity contribution is 5.93. The number of benzene rings is 1. The van der Waals surface area contributed by atoms with Crippen LogP contribution >= 0.6 is 0 Å². The molecule has 7 heteroatoms. The van der Waals surface area contributed by atoms with Gasteiger partial charge in [0.2, 0.25) is 5.78 Å². The lowest BCUT2D eigenvalue weighted by molar-refractivity contribution is -0.158. The summed E-state index contributed by atoms with van der Waals surface area (Å²) in [6.07, 6.45) is 5.70. The molecule has 5 rings (SSSR count). The third kappa shape index (κ3) is 4.12. The predicted molar refractivity (Wildman–Crippen MR) is 139 cm³/mol. The normalized spacial score (nSPS) is 32.6. The van der Waals surface area contributed by atoms with Gasteiger partial charge in [-0.15, -0.1) is 0 Å². The van der Waals surface area contributed by atoms with E-state index in [2.05, 4.69) is 40.8 Å². The Kier molecular flexibility index (Phi) is 6.55. The third-order valence-corrected chi connectivity index (χ3v) is 9.65. The molecule has 5 atom stereocenters. The van der Waals surface area contributed by atoms with Gasteiger partial charge in [0.05, 0.1) is 7.11 Å². The van der Waals surface area contributed by atoms with E-state index in [0.29, 0.717) is 19.3 Å². The Morgan fingerprint density at radius 3 is 2.51 bits per heavy atom. The molecule has 4 aliphatic rings. The molecule has 0 aliphatic heterocycles. The summed E-state index contributed by atoms with van der Waals surface area (Å²) in [5.41, 5.74) is 3.94. The van der Waals surface area contributed by atoms with Gasteiger partial charge < -0.3 is 19.5 Å². The van der Waals surface area contributed by atoms with Crippen LogP contribution in [0.15, 0.2) is 47.1 Å². The zero-order chi connectivity index (χ0) is 26.5. The second-order valence-corrected chi connectivity index (χ2v) is 11.5. The van der Waals surface area contributed by atoms with Crippen LogP contribution in [-0.4, -0.2) is 56.2 Å². The maximum absolute atomic E-state index is 13.4. The second kappa shape index (κ2) is 9.43. The Morgan fingerprint density at radius 1 is 1.11 bits per heavy atom. The molecule has 0 amide bonds. The quantitative estimate of drug-likeness (QED) is 0.576. The number of carbonyl (C=O) groups excluding carboxylic acids is 3. The maximum atomic E-state index is 13.4. The lowest BCUT2D eigenvalue weighted by Gasteiger charge is -2.54. The number of fused-ring (bicyclic) bond motifs is 4. The number of hydrogen-bond acceptors (Lipinski definition) is 7. The molecule has 1 aromatic carbocycles. The van der Waals surface area contributed by atoms with Crippen LogP contribution in [0.25, 0.3) is 0 Å². The van der Waals surface area contributed by atoms with Crippen LogP contribution in [0.2, 0.25) is 0 Å². The monoisotopic (exact) mass is 507 g/mol. The molecular weight excluding hydrogens is 470 g/mol. The molecule has 4 aliphatic carbocycles. The zero-order valence-corrected chi connectivity index (χ0v) is 22.2. The number of allylic oxidation sites excluding steroid dienone is 4. The molecule has 0 saturated heterocycles. The van der Waals surface area contributed by atoms with Crippen LogP contribution in [0.4, 0.5) is 10.5 Å². The van der Waals surface area contributed by atoms with Crippen LogP contribution in [0.3, 0.4) is 0 Å². The van der Waals surface area contributed by atoms with Crippen molar-refractivity contribution < 1.29 is 29.0 Å². The fourth-order valence-electron chi connectivity index (χ4n) is 7.73. The summed E-state index contributed by atoms with van der Waals surface area (Å²) in [5, 5.41) is 12.0. The van der Waals surface area contributed by atoms with Crippen LogP contribution in [0, 0.1) is 17.3 Å². The number of rotatable bonds is 5. The molecular formula is C30H37NO6. The van der Waals surface area contributed by atoms with E-state index in [0.717, 1.165) is 31.4 Å². The Balaban J connectivity index is 1.58. The number of carbonyl (C=O) groups is 3. The summed E-state index contributed by atoms with van der Waals surface area (Å²) in [4.78, 5) is 39.2. The lowest BCUT2D eigenvalue weighted by atomic mass is 9.50. The van der Waals surface area contributed by atoms with Crippen LogP contribution in [0.1, 0.15) is 63.4 Å². The standard InChI is InChI=1S/C30H37NO6/c1-29-16-24(18-5-8-20(9-6-18)31(2)3)27-22-12-10-21(32)15-19(22)7-11-23(27)25(29)13-14-30(29,35)26(33)17-37-28(34)36-4/h5-6,8-9,15,23-25,35H,7,10-14,16-17H2,1-4H3/t23-,24+,25-,29-,30-/m0/s1. The van der Waals surface area contributed by atoms with E-state index < -0.39 is 29.6 Å². The summed E-state index contributed by atoms with van der Waals surface area (Å²) in [5.74, 6) is 0.157. The molecule has 37 heavy (non-hydrogen) atoms. The first kappa shape index (κ1) is 25.7. The van der Waals surface area contributed by atoms with Crippen molar-refractivity contribution in [1.29, 1.82) is 0 Å². The van der Waals surface area contributed by atoms with E-state index in [4.69, 9.17) is 4.74 Å². The zero-order valence-electron chi connectivity index (χ0n) is 22.2. The minimum Gasteiger partial charge on any atom is -0.438 e. The van der Waals surface area contributed by atoms with Crippen molar-refractivity contribution in [3.63, 3.8) is 0 Å². The van der Waals surface area contributed by atoms with Crippen LogP contribution < -0.4 is 4.90 Å². The van der Waals surface area contributed by atoms with Gasteiger partial charge in [0, 0.05) is 37.5 Å². The number of hydrogen-bond donors (Lipinski definition) is 1. The van der Waals surface area contributed by atoms with Crippen molar-refractivity contribution in [2.45, 2.75) is 63.4 Å². The number of methoxy groups -OCH3 is 1. The molecule has 7 nitrogen and oxygen atoms in total. The van der Waals surface area contributed by atoms with Crippen molar-refractivity contribution >= 4 is 23.4 Å². The first-order chi connectivity index (χ1) is 17.6. The highest BCUT2D eigenvalue weighted by Gasteiger charge is 2.65. The van der Waals surface area contributed by atoms with Crippen molar-refractivity contribution in [2.24, 2.45) is 17.3 Å². The number of ketones is 2. The minimum absolute atomic E-state index is 0.0355. The van der Waals surface area contributed by atoms with E-state index in [1.165, 1.54) is 29.4 Å². The molecule has 0 bridgehead atoms. The Hall–Kier alpha value is -2.93. The molecule has 0 unspecified atom stereocenters. The first-order valence-corrected chi connectivity index (χ1v) is 13.3. The smallest absolute Gasteiger partial charge is 0.438 e. The van der Waals surface area contributed by atoms with Gasteiger partial charge in [-0.05, 0) is 85.3 Å². The van der Waals surface area contributed by atoms with E-state index in [1.54, 1.807) is 0 Å². The molecule has 0 aromatic heterocycles. The number of anilines is 1. The molecule has 2 saturated carbocycles. The molecule has 0 radical (unpaired) electrons. The average Bonchev–Trinajstić information content (AvgIpc) is 3.17. The number of aliphatic hydroxyl groups is 1. The molecule has 1 aromatic rings. The minimum atomic E-state index is -1.58. The van der Waals surface area contributed by atoms with Gasteiger partial charge in [0.1, 0.15) is 5.60 Å². The van der Waals surface area contributed by atoms with Crippen molar-refractivity contribution in [3.8, 4) is 0 Å². The number of ether oxygens (including phenoxy) is 2. The summed E-state index contributed by atoms with van der Waals surface area (Å²) in [6, 6.07) is 8.56. The van der Waals surface area contributed by atoms with E-state index in [1.807, 2.05) is 20.2 Å². The average molecular weight is 508 g/mol. The Labute approximate surface area is 218 Å². The lowest BCUT2D eigenvalue weighted by Crippen LogP contribution is -2.56. The van der Waals surface area contributed by atoms with E-state index in [9.17, 15) is 19.5 Å². The maximum Gasteiger partial charge on any atom is 0.508 e. The van der Waals surface area contributed by atoms with Crippen molar-refractivity contribution in [2.75, 3.05) is 32.7 Å². The summed E-state index contributed by atoms with van der Waals surface area (Å²) in [7, 11) is 5.22. The topological polar surface area (TPSA) is 93.1 Å². The van der Waals surface area contributed by atoms with Gasteiger partial charge >= 0.3 is 6.16 Å². The third-order valence-electron chi connectivity index (χ3n) is 9.65. The van der Waals surface area contributed by atoms with E-state index >= 15 is 0 Å². The van der Waals surface area contributed by atoms with Gasteiger partial charge in [-0.1, -0.05) is 24.6 Å². The Morgan fingerprint density at radius 2 is 1.84 bits per heavy atom. The van der Waals surface area contributed by atoms with Gasteiger partial charge in [0.15, 0.2) is 12.4 Å². The Bertz CT molecular complexity index is 1180. The first-order valence-electron chi connectivity index (χ1n) is 13.3. The van der Waals surface area contributed by atoms with Gasteiger partial charge in [-0.25, -0.2) is 4.79 Å². The predicted octanol–water partition coefficient (Wildman–Crippen LogP) is 4.74. The fourth-order valence-corrected chi connectivity index (χ4v) is 7.73. The van der Waals surface area contributed by atoms with Gasteiger partial charge in [-0.3, -0.25) is 9.59 Å². The SMILES string of the molecule is COC(=O)OCC(=O)[C@@]1(O)CC[C@H]2[C@@H]3CCC4=CC(=O)CCC4=C3[C@@H](c3ccc(N(C)C)cc3)C[C@@]21C. The number of Topliss-reactive ketones (excluding diaryl/α,β-unsaturated/α-hetero) is 1. The molecule has 198 valence electrons. The molecule has 0 spiro atoms. The summed E-state index contributed by atoms with van der Waals surface area (Å²) < 4.78 is 9.49.